The van der Waals surface area contributed by atoms with E-state index in [1.54, 1.807) is 0 Å². The summed E-state index contributed by atoms with van der Waals surface area (Å²) in [7, 11) is 1.46. The van der Waals surface area contributed by atoms with Gasteiger partial charge in [-0.2, -0.15) is 0 Å². The fourth-order valence-electron chi connectivity index (χ4n) is 2.43. The first-order chi connectivity index (χ1) is 7.12. The highest BCUT2D eigenvalue weighted by Gasteiger charge is 2.48. The highest BCUT2D eigenvalue weighted by molar-refractivity contribution is 5.81. The summed E-state index contributed by atoms with van der Waals surface area (Å²) in [5.41, 5.74) is 0.741. The number of aliphatic carboxylic acids is 1. The molecule has 3 nitrogen and oxygen atoms in total. The number of carboxylic acids is 1. The molecule has 80 valence electrons. The average Bonchev–Trinajstić information content (AvgIpc) is 2.54. The van der Waals surface area contributed by atoms with E-state index >= 15 is 0 Å². The van der Waals surface area contributed by atoms with Crippen LogP contribution >= 0.6 is 0 Å². The van der Waals surface area contributed by atoms with Crippen molar-refractivity contribution in [1.29, 1.82) is 0 Å². The van der Waals surface area contributed by atoms with Gasteiger partial charge in [0.05, 0.1) is 0 Å². The Morgan fingerprint density at radius 2 is 2.20 bits per heavy atom. The number of methoxy groups -OCH3 is 1. The van der Waals surface area contributed by atoms with Crippen LogP contribution in [0.25, 0.3) is 0 Å². The largest absolute Gasteiger partial charge is 0.479 e. The molecule has 1 aliphatic rings. The van der Waals surface area contributed by atoms with Crippen LogP contribution in [-0.4, -0.2) is 18.2 Å². The van der Waals surface area contributed by atoms with Gasteiger partial charge in [0.1, 0.15) is 0 Å². The molecule has 0 aromatic heterocycles. The van der Waals surface area contributed by atoms with Crippen LogP contribution in [0, 0.1) is 0 Å². The van der Waals surface area contributed by atoms with E-state index < -0.39 is 11.6 Å². The standard InChI is InChI=1S/C12H14O3/c1-8-7-12(15-2,11(13)14)10-6-4-3-5-9(8)10/h3-6,8H,7H2,1-2H3,(H,13,14). The van der Waals surface area contributed by atoms with Crippen molar-refractivity contribution in [1.82, 2.24) is 0 Å². The molecule has 0 saturated carbocycles. The van der Waals surface area contributed by atoms with Crippen LogP contribution in [0.2, 0.25) is 0 Å². The number of carboxylic acid groups (broad SMARTS) is 1. The van der Waals surface area contributed by atoms with Gasteiger partial charge in [-0.1, -0.05) is 31.2 Å². The Morgan fingerprint density at radius 3 is 2.80 bits per heavy atom. The van der Waals surface area contributed by atoms with Crippen molar-refractivity contribution in [2.45, 2.75) is 24.9 Å². The second-order valence-corrected chi connectivity index (χ2v) is 4.03. The van der Waals surface area contributed by atoms with Crippen LogP contribution in [0.1, 0.15) is 30.4 Å². The smallest absolute Gasteiger partial charge is 0.340 e. The molecule has 0 bridgehead atoms. The van der Waals surface area contributed by atoms with E-state index in [0.29, 0.717) is 6.42 Å². The SMILES string of the molecule is COC1(C(=O)O)CC(C)c2ccccc21. The van der Waals surface area contributed by atoms with Crippen molar-refractivity contribution in [2.75, 3.05) is 7.11 Å². The number of ether oxygens (including phenoxy) is 1. The van der Waals surface area contributed by atoms with Crippen molar-refractivity contribution < 1.29 is 14.6 Å². The summed E-state index contributed by atoms with van der Waals surface area (Å²) in [6, 6.07) is 7.61. The first-order valence-electron chi connectivity index (χ1n) is 5.00. The van der Waals surface area contributed by atoms with Gasteiger partial charge in [0.2, 0.25) is 0 Å². The van der Waals surface area contributed by atoms with Crippen molar-refractivity contribution in [3.05, 3.63) is 35.4 Å². The van der Waals surface area contributed by atoms with E-state index in [9.17, 15) is 9.90 Å². The Hall–Kier alpha value is -1.35. The third-order valence-electron chi connectivity index (χ3n) is 3.21. The molecule has 2 unspecified atom stereocenters. The number of benzene rings is 1. The van der Waals surface area contributed by atoms with Crippen molar-refractivity contribution >= 4 is 5.97 Å². The van der Waals surface area contributed by atoms with Gasteiger partial charge < -0.3 is 9.84 Å². The highest BCUT2D eigenvalue weighted by atomic mass is 16.5. The second kappa shape index (κ2) is 3.35. The topological polar surface area (TPSA) is 46.5 Å². The molecule has 15 heavy (non-hydrogen) atoms. The predicted octanol–water partition coefficient (Wildman–Crippen LogP) is 2.12. The van der Waals surface area contributed by atoms with Gasteiger partial charge in [0.25, 0.3) is 0 Å². The molecule has 0 radical (unpaired) electrons. The Kier molecular flexibility index (Phi) is 2.27. The highest BCUT2D eigenvalue weighted by Crippen LogP contribution is 2.46. The maximum atomic E-state index is 11.3. The van der Waals surface area contributed by atoms with Crippen molar-refractivity contribution in [2.24, 2.45) is 0 Å². The summed E-state index contributed by atoms with van der Waals surface area (Å²) in [4.78, 5) is 11.3. The third kappa shape index (κ3) is 1.27. The minimum Gasteiger partial charge on any atom is -0.479 e. The molecule has 0 spiro atoms. The monoisotopic (exact) mass is 206 g/mol. The van der Waals surface area contributed by atoms with Gasteiger partial charge in [0, 0.05) is 7.11 Å². The van der Waals surface area contributed by atoms with Gasteiger partial charge in [-0.05, 0) is 23.5 Å². The van der Waals surface area contributed by atoms with Crippen molar-refractivity contribution in [3.8, 4) is 0 Å². The lowest BCUT2D eigenvalue weighted by molar-refractivity contribution is -0.163. The molecule has 1 aromatic carbocycles. The zero-order chi connectivity index (χ0) is 11.1. The first kappa shape index (κ1) is 10.2. The molecule has 0 fully saturated rings. The molecule has 0 amide bonds. The van der Waals surface area contributed by atoms with E-state index in [1.807, 2.05) is 31.2 Å². The van der Waals surface area contributed by atoms with Crippen LogP contribution < -0.4 is 0 Å². The van der Waals surface area contributed by atoms with Crippen LogP contribution in [0.3, 0.4) is 0 Å². The quantitative estimate of drug-likeness (QED) is 0.806. The molecule has 1 N–H and O–H groups in total. The maximum Gasteiger partial charge on any atom is 0.340 e. The third-order valence-corrected chi connectivity index (χ3v) is 3.21. The lowest BCUT2D eigenvalue weighted by Crippen LogP contribution is -2.35. The second-order valence-electron chi connectivity index (χ2n) is 4.03. The summed E-state index contributed by atoms with van der Waals surface area (Å²) in [5.74, 6) is -0.668. The minimum absolute atomic E-state index is 0.234. The van der Waals surface area contributed by atoms with Crippen LogP contribution in [0.4, 0.5) is 0 Å². The summed E-state index contributed by atoms with van der Waals surface area (Å²) in [6.45, 7) is 2.03. The molecule has 0 aliphatic heterocycles. The Bertz CT molecular complexity index is 400. The van der Waals surface area contributed by atoms with Crippen LogP contribution in [-0.2, 0) is 15.1 Å². The molecule has 0 saturated heterocycles. The lowest BCUT2D eigenvalue weighted by atomic mass is 9.96. The Balaban J connectivity index is 2.60. The number of rotatable bonds is 2. The Labute approximate surface area is 88.7 Å². The van der Waals surface area contributed by atoms with E-state index in [1.165, 1.54) is 7.11 Å². The number of hydrogen-bond donors (Lipinski definition) is 1. The molecule has 2 atom stereocenters. The first-order valence-corrected chi connectivity index (χ1v) is 5.00. The van der Waals surface area contributed by atoms with Crippen LogP contribution in [0.5, 0.6) is 0 Å². The molecule has 2 rings (SSSR count). The molecule has 3 heteroatoms. The van der Waals surface area contributed by atoms with Gasteiger partial charge >= 0.3 is 5.97 Å². The molecular weight excluding hydrogens is 192 g/mol. The lowest BCUT2D eigenvalue weighted by Gasteiger charge is -2.23. The minimum atomic E-state index is -1.14. The zero-order valence-corrected chi connectivity index (χ0v) is 8.86. The van der Waals surface area contributed by atoms with E-state index in [0.717, 1.165) is 11.1 Å². The maximum absolute atomic E-state index is 11.3. The number of fused-ring (bicyclic) bond motifs is 1. The van der Waals surface area contributed by atoms with Crippen molar-refractivity contribution in [3.63, 3.8) is 0 Å². The normalized spacial score (nSPS) is 28.8. The van der Waals surface area contributed by atoms with E-state index in [2.05, 4.69) is 0 Å². The average molecular weight is 206 g/mol. The Morgan fingerprint density at radius 1 is 1.53 bits per heavy atom. The fourth-order valence-corrected chi connectivity index (χ4v) is 2.43. The van der Waals surface area contributed by atoms with E-state index in [4.69, 9.17) is 4.74 Å². The predicted molar refractivity (Wildman–Crippen MR) is 55.8 cm³/mol. The molecule has 0 heterocycles. The number of carbonyl (C=O) groups is 1. The van der Waals surface area contributed by atoms with Gasteiger partial charge in [-0.15, -0.1) is 0 Å². The summed E-state index contributed by atoms with van der Waals surface area (Å²) >= 11 is 0. The fraction of sp³-hybridized carbons (Fsp3) is 0.417. The van der Waals surface area contributed by atoms with Gasteiger partial charge in [-0.25, -0.2) is 4.79 Å². The van der Waals surface area contributed by atoms with Gasteiger partial charge in [-0.3, -0.25) is 0 Å². The number of hydrogen-bond acceptors (Lipinski definition) is 2. The molecular formula is C12H14O3. The summed E-state index contributed by atoms with van der Waals surface area (Å²) in [6.07, 6.45) is 0.512. The summed E-state index contributed by atoms with van der Waals surface area (Å²) in [5, 5.41) is 9.30. The van der Waals surface area contributed by atoms with E-state index in [-0.39, 0.29) is 5.92 Å². The van der Waals surface area contributed by atoms with Crippen LogP contribution in [0.15, 0.2) is 24.3 Å². The molecule has 1 aromatic rings. The summed E-state index contributed by atoms with van der Waals surface area (Å²) < 4.78 is 5.26. The van der Waals surface area contributed by atoms with Gasteiger partial charge in [0.15, 0.2) is 5.60 Å². The zero-order valence-electron chi connectivity index (χ0n) is 8.86. The molecule has 1 aliphatic carbocycles.